The van der Waals surface area contributed by atoms with Gasteiger partial charge in [-0.3, -0.25) is 9.59 Å². The number of amides is 2. The van der Waals surface area contributed by atoms with E-state index in [0.717, 1.165) is 23.2 Å². The van der Waals surface area contributed by atoms with Crippen molar-refractivity contribution >= 4 is 12.3 Å². The normalized spacial score (nSPS) is 27.3. The number of nitrogens with one attached hydrogen (secondary N) is 1. The predicted molar refractivity (Wildman–Crippen MR) is 135 cm³/mol. The molecule has 1 aliphatic carbocycles. The smallest absolute Gasteiger partial charge is 0.248 e. The van der Waals surface area contributed by atoms with Crippen molar-refractivity contribution in [2.45, 2.75) is 70.9 Å². The second-order valence-electron chi connectivity index (χ2n) is 9.56. The number of likely N-dealkylation sites (N-methyl/N-ethyl adjacent to an activating group) is 2. The number of phenols is 1. The molecule has 3 rings (SSSR count). The molecule has 3 N–H and O–H groups in total. The van der Waals surface area contributed by atoms with Gasteiger partial charge in [-0.05, 0) is 75.7 Å². The van der Waals surface area contributed by atoms with E-state index in [-0.39, 0.29) is 24.1 Å². The maximum atomic E-state index is 12.5. The lowest BCUT2D eigenvalue weighted by Crippen LogP contribution is -2.68. The standard InChI is InChI=1S/C25H35N3O4.C2H6/c1-16-7-8-20(30)12-21(16)24-9-10-28(6)18(3)25(24,32)13-19(22(14-24)26-15-29)11-17(2)23(31)27(4)5;1-2/h7-8,11-12,15,18,30,32H,9-10,13-14H2,1-6H3,(H,26,29);1-2H3/b17-11+;. The lowest BCUT2D eigenvalue weighted by atomic mass is 9.53. The van der Waals surface area contributed by atoms with Crippen LogP contribution in [0.25, 0.3) is 0 Å². The molecule has 0 saturated carbocycles. The van der Waals surface area contributed by atoms with Gasteiger partial charge in [0.1, 0.15) is 5.75 Å². The van der Waals surface area contributed by atoms with Crippen LogP contribution in [0.1, 0.15) is 58.1 Å². The van der Waals surface area contributed by atoms with Crippen molar-refractivity contribution in [1.82, 2.24) is 15.1 Å². The van der Waals surface area contributed by atoms with Gasteiger partial charge in [-0.1, -0.05) is 19.9 Å². The lowest BCUT2D eigenvalue weighted by Gasteiger charge is -2.60. The number of carbonyl (C=O) groups excluding carboxylic acids is 2. The number of phenolic OH excluding ortho intramolecular Hbond substituents is 1. The van der Waals surface area contributed by atoms with E-state index in [0.29, 0.717) is 30.5 Å². The van der Waals surface area contributed by atoms with Gasteiger partial charge in [0.2, 0.25) is 12.3 Å². The summed E-state index contributed by atoms with van der Waals surface area (Å²) in [7, 11) is 5.39. The Bertz CT molecular complexity index is 984. The zero-order valence-corrected chi connectivity index (χ0v) is 21.9. The summed E-state index contributed by atoms with van der Waals surface area (Å²) in [5, 5.41) is 25.5. The fourth-order valence-corrected chi connectivity index (χ4v) is 5.53. The third-order valence-electron chi connectivity index (χ3n) is 7.50. The summed E-state index contributed by atoms with van der Waals surface area (Å²) in [5.41, 5.74) is 2.02. The minimum absolute atomic E-state index is 0.121. The van der Waals surface area contributed by atoms with Crippen LogP contribution in [0.5, 0.6) is 5.75 Å². The first-order valence-electron chi connectivity index (χ1n) is 12.0. The highest BCUT2D eigenvalue weighted by Gasteiger charge is 2.60. The summed E-state index contributed by atoms with van der Waals surface area (Å²) in [6, 6.07) is 5.09. The summed E-state index contributed by atoms with van der Waals surface area (Å²) in [6.45, 7) is 10.5. The first kappa shape index (κ1) is 27.6. The van der Waals surface area contributed by atoms with Crippen LogP contribution in [0.15, 0.2) is 41.1 Å². The van der Waals surface area contributed by atoms with E-state index in [1.165, 1.54) is 4.90 Å². The summed E-state index contributed by atoms with van der Waals surface area (Å²) >= 11 is 0. The quantitative estimate of drug-likeness (QED) is 0.453. The van der Waals surface area contributed by atoms with Crippen molar-refractivity contribution in [2.24, 2.45) is 0 Å². The zero-order chi connectivity index (χ0) is 25.8. The topological polar surface area (TPSA) is 93.1 Å². The molecule has 1 aromatic carbocycles. The Balaban J connectivity index is 0.00000199. The number of hydrogen-bond donors (Lipinski definition) is 3. The number of aromatic hydroxyl groups is 1. The van der Waals surface area contributed by atoms with Gasteiger partial charge < -0.3 is 25.3 Å². The van der Waals surface area contributed by atoms with Crippen LogP contribution in [-0.4, -0.2) is 71.7 Å². The van der Waals surface area contributed by atoms with E-state index in [1.807, 2.05) is 40.8 Å². The van der Waals surface area contributed by atoms with E-state index in [4.69, 9.17) is 0 Å². The molecule has 3 unspecified atom stereocenters. The van der Waals surface area contributed by atoms with E-state index >= 15 is 0 Å². The van der Waals surface area contributed by atoms with Gasteiger partial charge >= 0.3 is 0 Å². The van der Waals surface area contributed by atoms with Crippen LogP contribution in [0.2, 0.25) is 0 Å². The van der Waals surface area contributed by atoms with E-state index in [2.05, 4.69) is 10.2 Å². The van der Waals surface area contributed by atoms with Crippen LogP contribution in [0.4, 0.5) is 0 Å². The van der Waals surface area contributed by atoms with Crippen LogP contribution in [0, 0.1) is 6.92 Å². The summed E-state index contributed by atoms with van der Waals surface area (Å²) in [6.07, 6.45) is 3.79. The van der Waals surface area contributed by atoms with Crippen molar-refractivity contribution < 1.29 is 19.8 Å². The number of piperidine rings is 1. The van der Waals surface area contributed by atoms with Gasteiger partial charge in [-0.25, -0.2) is 0 Å². The van der Waals surface area contributed by atoms with Crippen molar-refractivity contribution in [3.8, 4) is 5.75 Å². The Morgan fingerprint density at radius 2 is 1.91 bits per heavy atom. The second-order valence-corrected chi connectivity index (χ2v) is 9.56. The maximum absolute atomic E-state index is 12.5. The van der Waals surface area contributed by atoms with Crippen molar-refractivity contribution in [3.63, 3.8) is 0 Å². The number of allylic oxidation sites excluding steroid dienone is 2. The van der Waals surface area contributed by atoms with Crippen LogP contribution in [-0.2, 0) is 15.0 Å². The Morgan fingerprint density at radius 3 is 2.50 bits per heavy atom. The van der Waals surface area contributed by atoms with Crippen molar-refractivity contribution in [2.75, 3.05) is 27.7 Å². The molecule has 1 heterocycles. The third kappa shape index (κ3) is 4.77. The number of aryl methyl sites for hydroxylation is 1. The predicted octanol–water partition coefficient (Wildman–Crippen LogP) is 3.25. The molecule has 7 heteroatoms. The van der Waals surface area contributed by atoms with Gasteiger partial charge in [-0.2, -0.15) is 0 Å². The van der Waals surface area contributed by atoms with Crippen LogP contribution in [0.3, 0.4) is 0 Å². The lowest BCUT2D eigenvalue weighted by molar-refractivity contribution is -0.132. The van der Waals surface area contributed by atoms with E-state index < -0.39 is 11.0 Å². The summed E-state index contributed by atoms with van der Waals surface area (Å²) in [4.78, 5) is 27.6. The molecule has 7 nitrogen and oxygen atoms in total. The highest BCUT2D eigenvalue weighted by Crippen LogP contribution is 2.56. The van der Waals surface area contributed by atoms with Crippen molar-refractivity contribution in [1.29, 1.82) is 0 Å². The molecule has 1 aromatic rings. The average Bonchev–Trinajstić information content (AvgIpc) is 2.80. The molecule has 2 amide bonds. The van der Waals surface area contributed by atoms with Crippen molar-refractivity contribution in [3.05, 3.63) is 52.2 Å². The molecule has 0 aromatic heterocycles. The zero-order valence-electron chi connectivity index (χ0n) is 21.9. The molecule has 0 radical (unpaired) electrons. The first-order valence-corrected chi connectivity index (χ1v) is 12.0. The fraction of sp³-hybridized carbons (Fsp3) is 0.556. The highest BCUT2D eigenvalue weighted by molar-refractivity contribution is 5.93. The van der Waals surface area contributed by atoms with Crippen LogP contribution >= 0.6 is 0 Å². The molecular formula is C27H41N3O4. The van der Waals surface area contributed by atoms with E-state index in [9.17, 15) is 19.8 Å². The molecule has 0 bridgehead atoms. The Kier molecular flexibility index (Phi) is 8.72. The largest absolute Gasteiger partial charge is 0.508 e. The van der Waals surface area contributed by atoms with Gasteiger partial charge in [-0.15, -0.1) is 0 Å². The van der Waals surface area contributed by atoms with Crippen LogP contribution < -0.4 is 5.32 Å². The highest BCUT2D eigenvalue weighted by atomic mass is 16.3. The number of hydrogen-bond acceptors (Lipinski definition) is 5. The summed E-state index contributed by atoms with van der Waals surface area (Å²) < 4.78 is 0. The molecule has 0 spiro atoms. The fourth-order valence-electron chi connectivity index (χ4n) is 5.53. The van der Waals surface area contributed by atoms with Gasteiger partial charge in [0.05, 0.1) is 5.60 Å². The third-order valence-corrected chi connectivity index (χ3v) is 7.50. The molecule has 34 heavy (non-hydrogen) atoms. The second kappa shape index (κ2) is 10.7. The Labute approximate surface area is 204 Å². The minimum Gasteiger partial charge on any atom is -0.508 e. The molecule has 1 saturated heterocycles. The Hall–Kier alpha value is -2.64. The molecule has 1 aliphatic heterocycles. The van der Waals surface area contributed by atoms with Gasteiger partial charge in [0, 0.05) is 49.7 Å². The molecule has 3 atom stereocenters. The van der Waals surface area contributed by atoms with E-state index in [1.54, 1.807) is 39.2 Å². The number of benzene rings is 1. The Morgan fingerprint density at radius 1 is 1.26 bits per heavy atom. The molecule has 1 fully saturated rings. The number of nitrogens with zero attached hydrogens (tertiary/aromatic N) is 2. The number of aliphatic hydroxyl groups is 1. The minimum atomic E-state index is -1.17. The molecule has 2 aliphatic rings. The number of likely N-dealkylation sites (tertiary alicyclic amines) is 1. The SMILES string of the molecule is C/C(=C\C1=C(NC=O)CC2(c3cc(O)ccc3C)CCN(C)C(C)C2(O)C1)C(=O)N(C)C.CC. The number of fused-ring (bicyclic) bond motifs is 1. The monoisotopic (exact) mass is 471 g/mol. The molecule has 188 valence electrons. The number of rotatable bonds is 5. The first-order chi connectivity index (χ1) is 16.0. The summed E-state index contributed by atoms with van der Waals surface area (Å²) in [5.74, 6) is 0.0327. The van der Waals surface area contributed by atoms with Gasteiger partial charge in [0.25, 0.3) is 0 Å². The maximum Gasteiger partial charge on any atom is 0.248 e. The van der Waals surface area contributed by atoms with Gasteiger partial charge in [0.15, 0.2) is 0 Å². The average molecular weight is 472 g/mol. The molecular weight excluding hydrogens is 430 g/mol. The number of carbonyl (C=O) groups is 2.